The molecule has 0 aromatic carbocycles. The number of aromatic nitrogens is 4. The topological polar surface area (TPSA) is 77.0 Å². The number of rotatable bonds is 4. The Morgan fingerprint density at radius 2 is 2.27 bits per heavy atom. The number of hydrogen-bond acceptors (Lipinski definition) is 5. The summed E-state index contributed by atoms with van der Waals surface area (Å²) in [5.41, 5.74) is 0.935. The molecule has 1 unspecified atom stereocenters. The summed E-state index contributed by atoms with van der Waals surface area (Å²) in [4.78, 5) is 19.0. The fourth-order valence-corrected chi connectivity index (χ4v) is 3.05. The minimum Gasteiger partial charge on any atom is -0.339 e. The summed E-state index contributed by atoms with van der Waals surface area (Å²) in [7, 11) is 1.85. The van der Waals surface area contributed by atoms with E-state index in [0.29, 0.717) is 18.2 Å². The molecule has 1 saturated heterocycles. The molecule has 4 rings (SSSR count). The number of likely N-dealkylation sites (tertiary alicyclic amines) is 1. The third-order valence-corrected chi connectivity index (χ3v) is 4.37. The minimum absolute atomic E-state index is 0.0413. The maximum absolute atomic E-state index is 12.6. The highest BCUT2D eigenvalue weighted by molar-refractivity contribution is 5.79. The summed E-state index contributed by atoms with van der Waals surface area (Å²) in [6.45, 7) is 0.761. The van der Waals surface area contributed by atoms with Gasteiger partial charge in [0.15, 0.2) is 5.82 Å². The quantitative estimate of drug-likeness (QED) is 0.857. The number of carbonyl (C=O) groups is 1. The van der Waals surface area contributed by atoms with Crippen molar-refractivity contribution in [3.63, 3.8) is 0 Å². The first-order chi connectivity index (χ1) is 10.7. The van der Waals surface area contributed by atoms with Crippen LogP contribution < -0.4 is 0 Å². The highest BCUT2D eigenvalue weighted by Crippen LogP contribution is 2.40. The smallest absolute Gasteiger partial charge is 0.229 e. The van der Waals surface area contributed by atoms with E-state index >= 15 is 0 Å². The molecule has 2 aliphatic rings. The molecule has 2 fully saturated rings. The van der Waals surface area contributed by atoms with Crippen molar-refractivity contribution in [2.24, 2.45) is 7.05 Å². The van der Waals surface area contributed by atoms with Gasteiger partial charge in [0.1, 0.15) is 0 Å². The van der Waals surface area contributed by atoms with Crippen LogP contribution in [0.15, 0.2) is 16.9 Å². The van der Waals surface area contributed by atoms with Crippen molar-refractivity contribution in [2.45, 2.75) is 44.1 Å². The van der Waals surface area contributed by atoms with Gasteiger partial charge in [-0.15, -0.1) is 0 Å². The molecule has 0 spiro atoms. The van der Waals surface area contributed by atoms with E-state index in [4.69, 9.17) is 4.52 Å². The molecule has 1 atom stereocenters. The Kier molecular flexibility index (Phi) is 3.20. The standard InChI is InChI=1S/C15H19N5O2/c1-19-9-10(8-16-19)7-13(21)20-6-2-3-12(20)14-17-15(22-18-14)11-4-5-11/h8-9,11-12H,2-7H2,1H3. The first-order valence-electron chi connectivity index (χ1n) is 7.81. The molecule has 1 aliphatic carbocycles. The Bertz CT molecular complexity index is 688. The summed E-state index contributed by atoms with van der Waals surface area (Å²) in [6.07, 6.45) is 8.15. The predicted molar refractivity (Wildman–Crippen MR) is 76.9 cm³/mol. The normalized spacial score (nSPS) is 21.5. The number of nitrogens with zero attached hydrogens (tertiary/aromatic N) is 5. The average molecular weight is 301 g/mol. The van der Waals surface area contributed by atoms with Crippen LogP contribution in [0.2, 0.25) is 0 Å². The molecule has 7 nitrogen and oxygen atoms in total. The zero-order valence-electron chi connectivity index (χ0n) is 12.6. The fourth-order valence-electron chi connectivity index (χ4n) is 3.05. The predicted octanol–water partition coefficient (Wildman–Crippen LogP) is 1.59. The van der Waals surface area contributed by atoms with Crippen molar-refractivity contribution in [1.29, 1.82) is 0 Å². The van der Waals surface area contributed by atoms with Gasteiger partial charge in [-0.2, -0.15) is 10.1 Å². The zero-order chi connectivity index (χ0) is 15.1. The first-order valence-corrected chi connectivity index (χ1v) is 7.81. The molecule has 1 amide bonds. The maximum Gasteiger partial charge on any atom is 0.229 e. The second kappa shape index (κ2) is 5.23. The van der Waals surface area contributed by atoms with Gasteiger partial charge in [0, 0.05) is 25.7 Å². The second-order valence-corrected chi connectivity index (χ2v) is 6.21. The SMILES string of the molecule is Cn1cc(CC(=O)N2CCCC2c2noc(C3CC3)n2)cn1. The molecule has 0 N–H and O–H groups in total. The molecule has 2 aromatic heterocycles. The van der Waals surface area contributed by atoms with Crippen molar-refractivity contribution in [1.82, 2.24) is 24.8 Å². The monoisotopic (exact) mass is 301 g/mol. The van der Waals surface area contributed by atoms with Gasteiger partial charge in [0.05, 0.1) is 18.7 Å². The third kappa shape index (κ3) is 2.51. The Morgan fingerprint density at radius 3 is 3.00 bits per heavy atom. The van der Waals surface area contributed by atoms with Gasteiger partial charge in [0.25, 0.3) is 0 Å². The van der Waals surface area contributed by atoms with Crippen molar-refractivity contribution in [3.8, 4) is 0 Å². The Hall–Kier alpha value is -2.18. The molecule has 22 heavy (non-hydrogen) atoms. The zero-order valence-corrected chi connectivity index (χ0v) is 12.6. The lowest BCUT2D eigenvalue weighted by molar-refractivity contribution is -0.131. The van der Waals surface area contributed by atoms with Gasteiger partial charge in [-0.3, -0.25) is 9.48 Å². The van der Waals surface area contributed by atoms with Crippen LogP contribution in [0.5, 0.6) is 0 Å². The Morgan fingerprint density at radius 1 is 1.41 bits per heavy atom. The minimum atomic E-state index is -0.0413. The fraction of sp³-hybridized carbons (Fsp3) is 0.600. The van der Waals surface area contributed by atoms with Gasteiger partial charge in [-0.25, -0.2) is 0 Å². The second-order valence-electron chi connectivity index (χ2n) is 6.21. The number of aryl methyl sites for hydroxylation is 1. The third-order valence-electron chi connectivity index (χ3n) is 4.37. The Balaban J connectivity index is 1.48. The van der Waals surface area contributed by atoms with Gasteiger partial charge < -0.3 is 9.42 Å². The molecule has 1 saturated carbocycles. The van der Waals surface area contributed by atoms with E-state index in [0.717, 1.165) is 43.7 Å². The highest BCUT2D eigenvalue weighted by atomic mass is 16.5. The van der Waals surface area contributed by atoms with E-state index in [1.807, 2.05) is 18.1 Å². The van der Waals surface area contributed by atoms with Crippen LogP contribution in [-0.4, -0.2) is 37.3 Å². The summed E-state index contributed by atoms with van der Waals surface area (Å²) in [5, 5.41) is 8.22. The lowest BCUT2D eigenvalue weighted by Gasteiger charge is -2.21. The lowest BCUT2D eigenvalue weighted by Crippen LogP contribution is -2.32. The lowest BCUT2D eigenvalue weighted by atomic mass is 10.2. The molecule has 116 valence electrons. The summed E-state index contributed by atoms with van der Waals surface area (Å²) in [5.74, 6) is 1.95. The summed E-state index contributed by atoms with van der Waals surface area (Å²) < 4.78 is 7.05. The van der Waals surface area contributed by atoms with E-state index < -0.39 is 0 Å². The van der Waals surface area contributed by atoms with E-state index in [1.54, 1.807) is 10.9 Å². The van der Waals surface area contributed by atoms with Gasteiger partial charge >= 0.3 is 0 Å². The molecule has 0 bridgehead atoms. The Labute approximate surface area is 128 Å². The highest BCUT2D eigenvalue weighted by Gasteiger charge is 2.36. The number of amides is 1. The molecular weight excluding hydrogens is 282 g/mol. The van der Waals surface area contributed by atoms with Crippen LogP contribution in [0.4, 0.5) is 0 Å². The van der Waals surface area contributed by atoms with Crippen molar-refractivity contribution in [3.05, 3.63) is 29.7 Å². The molecule has 1 aliphatic heterocycles. The van der Waals surface area contributed by atoms with Crippen molar-refractivity contribution >= 4 is 5.91 Å². The summed E-state index contributed by atoms with van der Waals surface area (Å²) >= 11 is 0. The molecule has 0 radical (unpaired) electrons. The van der Waals surface area contributed by atoms with E-state index in [-0.39, 0.29) is 11.9 Å². The van der Waals surface area contributed by atoms with E-state index in [9.17, 15) is 4.79 Å². The number of hydrogen-bond donors (Lipinski definition) is 0. The largest absolute Gasteiger partial charge is 0.339 e. The molecule has 2 aromatic rings. The van der Waals surface area contributed by atoms with Gasteiger partial charge in [0.2, 0.25) is 11.8 Å². The van der Waals surface area contributed by atoms with E-state index in [1.165, 1.54) is 0 Å². The number of carbonyl (C=O) groups excluding carboxylic acids is 1. The van der Waals surface area contributed by atoms with Crippen LogP contribution >= 0.6 is 0 Å². The van der Waals surface area contributed by atoms with Crippen LogP contribution in [-0.2, 0) is 18.3 Å². The van der Waals surface area contributed by atoms with Crippen LogP contribution in [0.1, 0.15) is 54.9 Å². The first kappa shape index (κ1) is 13.5. The van der Waals surface area contributed by atoms with Crippen LogP contribution in [0, 0.1) is 0 Å². The van der Waals surface area contributed by atoms with Gasteiger partial charge in [-0.1, -0.05) is 5.16 Å². The average Bonchev–Trinajstić information content (AvgIpc) is 2.93. The molecular formula is C15H19N5O2. The molecule has 7 heteroatoms. The van der Waals surface area contributed by atoms with Crippen molar-refractivity contribution < 1.29 is 9.32 Å². The maximum atomic E-state index is 12.6. The van der Waals surface area contributed by atoms with E-state index in [2.05, 4.69) is 15.2 Å². The molecule has 3 heterocycles. The summed E-state index contributed by atoms with van der Waals surface area (Å²) in [6, 6.07) is -0.0413. The van der Waals surface area contributed by atoms with Crippen LogP contribution in [0.25, 0.3) is 0 Å². The van der Waals surface area contributed by atoms with Crippen LogP contribution in [0.3, 0.4) is 0 Å². The van der Waals surface area contributed by atoms with Gasteiger partial charge in [-0.05, 0) is 31.2 Å². The van der Waals surface area contributed by atoms with Crippen molar-refractivity contribution in [2.75, 3.05) is 6.54 Å².